The van der Waals surface area contributed by atoms with Gasteiger partial charge in [0.05, 0.1) is 23.3 Å². The second-order valence-electron chi connectivity index (χ2n) is 7.32. The Bertz CT molecular complexity index is 1400. The van der Waals surface area contributed by atoms with Gasteiger partial charge in [-0.2, -0.15) is 5.10 Å². The molecular formula is C25H18ClN5O. The van der Waals surface area contributed by atoms with Gasteiger partial charge in [0.1, 0.15) is 0 Å². The SMILES string of the molecule is O=C(Nc1cccc(Cn2cccn2)c1)c1cc(-c2cccnc2)nc2ccc(Cl)cc12. The molecule has 32 heavy (non-hydrogen) atoms. The van der Waals surface area contributed by atoms with Gasteiger partial charge in [0, 0.05) is 46.4 Å². The molecule has 0 spiro atoms. The summed E-state index contributed by atoms with van der Waals surface area (Å²) in [5, 5.41) is 8.48. The number of pyridine rings is 2. The van der Waals surface area contributed by atoms with E-state index in [0.29, 0.717) is 39.4 Å². The van der Waals surface area contributed by atoms with Crippen LogP contribution in [0.5, 0.6) is 0 Å². The van der Waals surface area contributed by atoms with E-state index in [0.717, 1.165) is 11.1 Å². The number of hydrogen-bond acceptors (Lipinski definition) is 4. The molecule has 2 aromatic carbocycles. The highest BCUT2D eigenvalue weighted by atomic mass is 35.5. The molecule has 3 aromatic heterocycles. The topological polar surface area (TPSA) is 72.7 Å². The summed E-state index contributed by atoms with van der Waals surface area (Å²) in [6.07, 6.45) is 7.07. The van der Waals surface area contributed by atoms with E-state index in [1.165, 1.54) is 0 Å². The molecule has 0 saturated carbocycles. The molecule has 0 aliphatic heterocycles. The van der Waals surface area contributed by atoms with Crippen LogP contribution in [0, 0.1) is 0 Å². The number of nitrogens with one attached hydrogen (secondary N) is 1. The maximum Gasteiger partial charge on any atom is 0.256 e. The zero-order valence-corrected chi connectivity index (χ0v) is 17.7. The lowest BCUT2D eigenvalue weighted by atomic mass is 10.0. The zero-order chi connectivity index (χ0) is 21.9. The van der Waals surface area contributed by atoms with Gasteiger partial charge in [-0.15, -0.1) is 0 Å². The fourth-order valence-corrected chi connectivity index (χ4v) is 3.75. The van der Waals surface area contributed by atoms with Crippen molar-refractivity contribution in [2.75, 3.05) is 5.32 Å². The monoisotopic (exact) mass is 439 g/mol. The quantitative estimate of drug-likeness (QED) is 0.395. The molecule has 0 atom stereocenters. The number of rotatable bonds is 5. The van der Waals surface area contributed by atoms with Gasteiger partial charge in [-0.05, 0) is 60.2 Å². The number of nitrogens with zero attached hydrogens (tertiary/aromatic N) is 4. The van der Waals surface area contributed by atoms with Crippen molar-refractivity contribution in [2.45, 2.75) is 6.54 Å². The average Bonchev–Trinajstić information content (AvgIpc) is 3.32. The Morgan fingerprint density at radius 3 is 2.75 bits per heavy atom. The van der Waals surface area contributed by atoms with Crippen LogP contribution in [-0.4, -0.2) is 25.7 Å². The van der Waals surface area contributed by atoms with Crippen LogP contribution >= 0.6 is 11.6 Å². The highest BCUT2D eigenvalue weighted by molar-refractivity contribution is 6.31. The van der Waals surface area contributed by atoms with Crippen molar-refractivity contribution >= 4 is 34.1 Å². The summed E-state index contributed by atoms with van der Waals surface area (Å²) in [7, 11) is 0. The molecule has 7 heteroatoms. The molecular weight excluding hydrogens is 422 g/mol. The minimum atomic E-state index is -0.235. The van der Waals surface area contributed by atoms with E-state index in [-0.39, 0.29) is 5.91 Å². The lowest BCUT2D eigenvalue weighted by Gasteiger charge is -2.12. The van der Waals surface area contributed by atoms with Crippen molar-refractivity contribution in [1.29, 1.82) is 0 Å². The van der Waals surface area contributed by atoms with Gasteiger partial charge in [0.15, 0.2) is 0 Å². The van der Waals surface area contributed by atoms with Gasteiger partial charge in [0.25, 0.3) is 5.91 Å². The van der Waals surface area contributed by atoms with Crippen molar-refractivity contribution in [1.82, 2.24) is 19.7 Å². The zero-order valence-electron chi connectivity index (χ0n) is 16.9. The Labute approximate surface area is 189 Å². The molecule has 5 aromatic rings. The van der Waals surface area contributed by atoms with Crippen LogP contribution in [0.4, 0.5) is 5.69 Å². The summed E-state index contributed by atoms with van der Waals surface area (Å²) in [5.41, 5.74) is 4.42. The fraction of sp³-hybridized carbons (Fsp3) is 0.0400. The Kier molecular flexibility index (Phi) is 5.35. The summed E-state index contributed by atoms with van der Waals surface area (Å²) in [6.45, 7) is 0.621. The van der Waals surface area contributed by atoms with E-state index < -0.39 is 0 Å². The Balaban J connectivity index is 1.51. The Hall–Kier alpha value is -4.03. The molecule has 3 heterocycles. The lowest BCUT2D eigenvalue weighted by Crippen LogP contribution is -2.13. The predicted octanol–water partition coefficient (Wildman–Crippen LogP) is 5.45. The predicted molar refractivity (Wildman–Crippen MR) is 126 cm³/mol. The lowest BCUT2D eigenvalue weighted by molar-refractivity contribution is 0.102. The summed E-state index contributed by atoms with van der Waals surface area (Å²) >= 11 is 6.22. The highest BCUT2D eigenvalue weighted by Crippen LogP contribution is 2.27. The van der Waals surface area contributed by atoms with Crippen LogP contribution in [-0.2, 0) is 6.54 Å². The van der Waals surface area contributed by atoms with Crippen LogP contribution in [0.25, 0.3) is 22.2 Å². The van der Waals surface area contributed by atoms with E-state index in [1.54, 1.807) is 36.8 Å². The molecule has 0 aliphatic carbocycles. The number of halogens is 1. The summed E-state index contributed by atoms with van der Waals surface area (Å²) < 4.78 is 1.83. The van der Waals surface area contributed by atoms with Crippen molar-refractivity contribution in [3.8, 4) is 11.3 Å². The largest absolute Gasteiger partial charge is 0.322 e. The molecule has 0 fully saturated rings. The van der Waals surface area contributed by atoms with E-state index in [9.17, 15) is 4.79 Å². The van der Waals surface area contributed by atoms with E-state index in [4.69, 9.17) is 16.6 Å². The Morgan fingerprint density at radius 1 is 1.00 bits per heavy atom. The van der Waals surface area contributed by atoms with E-state index in [2.05, 4.69) is 15.4 Å². The smallest absolute Gasteiger partial charge is 0.256 e. The van der Waals surface area contributed by atoms with Crippen molar-refractivity contribution in [2.24, 2.45) is 0 Å². The maximum absolute atomic E-state index is 13.3. The molecule has 156 valence electrons. The van der Waals surface area contributed by atoms with Crippen LogP contribution in [0.3, 0.4) is 0 Å². The van der Waals surface area contributed by atoms with Crippen molar-refractivity contribution < 1.29 is 4.79 Å². The molecule has 0 unspecified atom stereocenters. The van der Waals surface area contributed by atoms with Crippen molar-refractivity contribution in [3.63, 3.8) is 0 Å². The molecule has 0 aliphatic rings. The third-order valence-electron chi connectivity index (χ3n) is 5.06. The number of amides is 1. The van der Waals surface area contributed by atoms with Crippen LogP contribution in [0.2, 0.25) is 5.02 Å². The third-order valence-corrected chi connectivity index (χ3v) is 5.30. The number of carbonyl (C=O) groups excluding carboxylic acids is 1. The highest BCUT2D eigenvalue weighted by Gasteiger charge is 2.15. The van der Waals surface area contributed by atoms with Gasteiger partial charge in [-0.1, -0.05) is 23.7 Å². The van der Waals surface area contributed by atoms with Gasteiger partial charge in [-0.3, -0.25) is 14.5 Å². The van der Waals surface area contributed by atoms with E-state index >= 15 is 0 Å². The number of fused-ring (bicyclic) bond motifs is 1. The number of aromatic nitrogens is 4. The summed E-state index contributed by atoms with van der Waals surface area (Å²) in [6, 6.07) is 20.5. The number of benzene rings is 2. The number of hydrogen-bond donors (Lipinski definition) is 1. The standard InChI is InChI=1S/C25H18ClN5O/c26-19-7-8-23-21(13-19)22(14-24(30-23)18-5-2-9-27-15-18)25(32)29-20-6-1-4-17(12-20)16-31-11-3-10-28-31/h1-15H,16H2,(H,29,32). The first-order valence-electron chi connectivity index (χ1n) is 10.0. The normalized spacial score (nSPS) is 10.9. The second-order valence-corrected chi connectivity index (χ2v) is 7.75. The molecule has 1 N–H and O–H groups in total. The van der Waals surface area contributed by atoms with Gasteiger partial charge < -0.3 is 5.32 Å². The summed E-state index contributed by atoms with van der Waals surface area (Å²) in [4.78, 5) is 22.2. The van der Waals surface area contributed by atoms with Crippen molar-refractivity contribution in [3.05, 3.63) is 108 Å². The van der Waals surface area contributed by atoms with Crippen LogP contribution < -0.4 is 5.32 Å². The maximum atomic E-state index is 13.3. The van der Waals surface area contributed by atoms with Crippen LogP contribution in [0.15, 0.2) is 91.5 Å². The first-order chi connectivity index (χ1) is 15.7. The van der Waals surface area contributed by atoms with Gasteiger partial charge >= 0.3 is 0 Å². The summed E-state index contributed by atoms with van der Waals surface area (Å²) in [5.74, 6) is -0.235. The average molecular weight is 440 g/mol. The van der Waals surface area contributed by atoms with Crippen LogP contribution in [0.1, 0.15) is 15.9 Å². The molecule has 0 radical (unpaired) electrons. The van der Waals surface area contributed by atoms with Gasteiger partial charge in [-0.25, -0.2) is 4.98 Å². The minimum absolute atomic E-state index is 0.235. The van der Waals surface area contributed by atoms with Gasteiger partial charge in [0.2, 0.25) is 0 Å². The first kappa shape index (κ1) is 19.9. The molecule has 0 bridgehead atoms. The first-order valence-corrected chi connectivity index (χ1v) is 10.4. The minimum Gasteiger partial charge on any atom is -0.322 e. The Morgan fingerprint density at radius 2 is 1.94 bits per heavy atom. The fourth-order valence-electron chi connectivity index (χ4n) is 3.57. The second kappa shape index (κ2) is 8.61. The number of anilines is 1. The molecule has 1 amide bonds. The third kappa shape index (κ3) is 4.22. The molecule has 0 saturated heterocycles. The number of carbonyl (C=O) groups is 1. The molecule has 6 nitrogen and oxygen atoms in total. The molecule has 5 rings (SSSR count). The van der Waals surface area contributed by atoms with E-state index in [1.807, 2.05) is 59.4 Å².